The van der Waals surface area contributed by atoms with Crippen molar-refractivity contribution < 1.29 is 9.59 Å². The number of piperidine rings is 1. The molecule has 3 heterocycles. The summed E-state index contributed by atoms with van der Waals surface area (Å²) in [6, 6.07) is 2.04. The smallest absolute Gasteiger partial charge is 0.236 e. The highest BCUT2D eigenvalue weighted by Gasteiger charge is 2.31. The molecule has 2 aliphatic rings. The molecule has 2 aliphatic heterocycles. The van der Waals surface area contributed by atoms with Gasteiger partial charge in [-0.3, -0.25) is 14.3 Å². The van der Waals surface area contributed by atoms with Crippen molar-refractivity contribution in [2.45, 2.75) is 31.8 Å². The van der Waals surface area contributed by atoms with Gasteiger partial charge in [0.2, 0.25) is 11.8 Å². The number of rotatable bonds is 4. The third-order valence-corrected chi connectivity index (χ3v) is 4.43. The Morgan fingerprint density at radius 3 is 3.09 bits per heavy atom. The van der Waals surface area contributed by atoms with Crippen LogP contribution in [0.1, 0.15) is 19.3 Å². The Hall–Kier alpha value is -1.89. The number of nitrogens with one attached hydrogen (secondary N) is 1. The quantitative estimate of drug-likeness (QED) is 0.829. The number of aryl methyl sites for hydroxylation is 1. The Labute approximate surface area is 130 Å². The molecule has 2 fully saturated rings. The predicted molar refractivity (Wildman–Crippen MR) is 81.0 cm³/mol. The molecule has 2 saturated heterocycles. The molecule has 1 unspecified atom stereocenters. The lowest BCUT2D eigenvalue weighted by Crippen LogP contribution is -2.57. The summed E-state index contributed by atoms with van der Waals surface area (Å²) in [4.78, 5) is 28.2. The fourth-order valence-electron chi connectivity index (χ4n) is 3.24. The average molecular weight is 305 g/mol. The second-order valence-electron chi connectivity index (χ2n) is 5.92. The van der Waals surface area contributed by atoms with Crippen molar-refractivity contribution in [3.63, 3.8) is 0 Å². The molecule has 0 aromatic carbocycles. The van der Waals surface area contributed by atoms with Gasteiger partial charge in [0.1, 0.15) is 0 Å². The van der Waals surface area contributed by atoms with Crippen molar-refractivity contribution in [2.75, 3.05) is 32.7 Å². The molecular formula is C15H23N5O2. The molecule has 0 aliphatic carbocycles. The van der Waals surface area contributed by atoms with Gasteiger partial charge in [0.05, 0.1) is 6.54 Å². The normalized spacial score (nSPS) is 22.9. The van der Waals surface area contributed by atoms with Crippen LogP contribution >= 0.6 is 0 Å². The minimum absolute atomic E-state index is 0.155. The van der Waals surface area contributed by atoms with E-state index in [1.807, 2.05) is 22.1 Å². The minimum atomic E-state index is 0.155. The standard InChI is InChI=1S/C15H23N5O2/c21-14(4-9-19-8-2-5-17-19)18-7-1-3-13(12-18)20-10-6-16-11-15(20)22/h2,5,8,13,16H,1,3-4,6-7,9-12H2. The maximum Gasteiger partial charge on any atom is 0.236 e. The third-order valence-electron chi connectivity index (χ3n) is 4.43. The molecule has 120 valence electrons. The van der Waals surface area contributed by atoms with Crippen LogP contribution < -0.4 is 5.32 Å². The number of carbonyl (C=O) groups excluding carboxylic acids is 2. The van der Waals surface area contributed by atoms with Gasteiger partial charge in [-0.2, -0.15) is 5.10 Å². The molecule has 22 heavy (non-hydrogen) atoms. The molecule has 3 rings (SSSR count). The number of aromatic nitrogens is 2. The Balaban J connectivity index is 1.53. The zero-order valence-electron chi connectivity index (χ0n) is 12.8. The first-order chi connectivity index (χ1) is 10.7. The molecule has 0 saturated carbocycles. The summed E-state index contributed by atoms with van der Waals surface area (Å²) in [7, 11) is 0. The van der Waals surface area contributed by atoms with Crippen LogP contribution in [0.4, 0.5) is 0 Å². The van der Waals surface area contributed by atoms with Gasteiger partial charge in [-0.1, -0.05) is 0 Å². The number of piperazine rings is 1. The van der Waals surface area contributed by atoms with Crippen LogP contribution in [-0.2, 0) is 16.1 Å². The van der Waals surface area contributed by atoms with Gasteiger partial charge in [-0.05, 0) is 18.9 Å². The lowest BCUT2D eigenvalue weighted by molar-refractivity contribution is -0.140. The van der Waals surface area contributed by atoms with E-state index < -0.39 is 0 Å². The largest absolute Gasteiger partial charge is 0.341 e. The van der Waals surface area contributed by atoms with Crippen molar-refractivity contribution in [1.82, 2.24) is 24.9 Å². The second kappa shape index (κ2) is 6.91. The molecule has 7 heteroatoms. The van der Waals surface area contributed by atoms with Crippen LogP contribution in [0.25, 0.3) is 0 Å². The van der Waals surface area contributed by atoms with E-state index in [1.54, 1.807) is 10.9 Å². The molecule has 0 bridgehead atoms. The lowest BCUT2D eigenvalue weighted by Gasteiger charge is -2.41. The van der Waals surface area contributed by atoms with Gasteiger partial charge < -0.3 is 15.1 Å². The van der Waals surface area contributed by atoms with Crippen LogP contribution in [0.15, 0.2) is 18.5 Å². The average Bonchev–Trinajstić information content (AvgIpc) is 3.06. The maximum absolute atomic E-state index is 12.4. The van der Waals surface area contributed by atoms with Gasteiger partial charge in [-0.25, -0.2) is 0 Å². The fourth-order valence-corrected chi connectivity index (χ4v) is 3.24. The number of nitrogens with zero attached hydrogens (tertiary/aromatic N) is 4. The summed E-state index contributed by atoms with van der Waals surface area (Å²) < 4.78 is 1.78. The van der Waals surface area contributed by atoms with E-state index in [4.69, 9.17) is 0 Å². The van der Waals surface area contributed by atoms with E-state index in [2.05, 4.69) is 10.4 Å². The van der Waals surface area contributed by atoms with Gasteiger partial charge in [0.15, 0.2) is 0 Å². The molecule has 0 radical (unpaired) electrons. The number of amides is 2. The summed E-state index contributed by atoms with van der Waals surface area (Å²) in [5, 5.41) is 7.21. The van der Waals surface area contributed by atoms with Crippen molar-refractivity contribution in [3.05, 3.63) is 18.5 Å². The van der Waals surface area contributed by atoms with Crippen LogP contribution in [0.5, 0.6) is 0 Å². The summed E-state index contributed by atoms with van der Waals surface area (Å²) in [5.74, 6) is 0.310. The Morgan fingerprint density at radius 2 is 2.32 bits per heavy atom. The highest BCUT2D eigenvalue weighted by Crippen LogP contribution is 2.17. The Kier molecular flexibility index (Phi) is 4.72. The highest BCUT2D eigenvalue weighted by molar-refractivity contribution is 5.80. The Morgan fingerprint density at radius 1 is 1.41 bits per heavy atom. The molecule has 1 aromatic rings. The molecular weight excluding hydrogens is 282 g/mol. The van der Waals surface area contributed by atoms with Crippen LogP contribution in [-0.4, -0.2) is 70.2 Å². The van der Waals surface area contributed by atoms with E-state index in [-0.39, 0.29) is 17.9 Å². The van der Waals surface area contributed by atoms with Gasteiger partial charge in [0, 0.05) is 57.6 Å². The third kappa shape index (κ3) is 3.47. The molecule has 1 aromatic heterocycles. The SMILES string of the molecule is O=C(CCn1cccn1)N1CCCC(N2CCNCC2=O)C1. The Bertz CT molecular complexity index is 516. The first-order valence-corrected chi connectivity index (χ1v) is 7.99. The number of hydrogen-bond acceptors (Lipinski definition) is 4. The van der Waals surface area contributed by atoms with Crippen LogP contribution in [0.2, 0.25) is 0 Å². The van der Waals surface area contributed by atoms with Crippen LogP contribution in [0.3, 0.4) is 0 Å². The first kappa shape index (κ1) is 15.0. The van der Waals surface area contributed by atoms with Crippen LogP contribution in [0, 0.1) is 0 Å². The molecule has 1 N–H and O–H groups in total. The molecule has 1 atom stereocenters. The first-order valence-electron chi connectivity index (χ1n) is 7.99. The molecule has 0 spiro atoms. The van der Waals surface area contributed by atoms with E-state index in [1.165, 1.54) is 0 Å². The zero-order valence-corrected chi connectivity index (χ0v) is 12.8. The summed E-state index contributed by atoms with van der Waals surface area (Å²) in [6.07, 6.45) is 6.01. The number of carbonyl (C=O) groups is 2. The van der Waals surface area contributed by atoms with Gasteiger partial charge >= 0.3 is 0 Å². The topological polar surface area (TPSA) is 70.5 Å². The minimum Gasteiger partial charge on any atom is -0.341 e. The van der Waals surface area contributed by atoms with Crippen molar-refractivity contribution in [3.8, 4) is 0 Å². The summed E-state index contributed by atoms with van der Waals surface area (Å²) in [5.41, 5.74) is 0. The van der Waals surface area contributed by atoms with Crippen molar-refractivity contribution in [2.24, 2.45) is 0 Å². The molecule has 2 amide bonds. The lowest BCUT2D eigenvalue weighted by atomic mass is 10.0. The monoisotopic (exact) mass is 305 g/mol. The second-order valence-corrected chi connectivity index (χ2v) is 5.92. The predicted octanol–water partition coefficient (Wildman–Crippen LogP) is -0.304. The summed E-state index contributed by atoms with van der Waals surface area (Å²) >= 11 is 0. The van der Waals surface area contributed by atoms with Gasteiger partial charge in [-0.15, -0.1) is 0 Å². The van der Waals surface area contributed by atoms with Gasteiger partial charge in [0.25, 0.3) is 0 Å². The summed E-state index contributed by atoms with van der Waals surface area (Å²) in [6.45, 7) is 4.09. The number of likely N-dealkylation sites (tertiary alicyclic amines) is 1. The van der Waals surface area contributed by atoms with E-state index in [0.29, 0.717) is 26.1 Å². The van der Waals surface area contributed by atoms with E-state index in [9.17, 15) is 9.59 Å². The molecule has 7 nitrogen and oxygen atoms in total. The van der Waals surface area contributed by atoms with E-state index in [0.717, 1.165) is 32.5 Å². The van der Waals surface area contributed by atoms with Crippen molar-refractivity contribution in [1.29, 1.82) is 0 Å². The maximum atomic E-state index is 12.4. The highest BCUT2D eigenvalue weighted by atomic mass is 16.2. The van der Waals surface area contributed by atoms with Crippen molar-refractivity contribution >= 4 is 11.8 Å². The number of hydrogen-bond donors (Lipinski definition) is 1. The fraction of sp³-hybridized carbons (Fsp3) is 0.667. The van der Waals surface area contributed by atoms with E-state index >= 15 is 0 Å². The zero-order chi connectivity index (χ0) is 15.4.